The molecule has 1 amide bonds. The first kappa shape index (κ1) is 14.3. The number of carbonyl (C=O) groups excluding carboxylic acids is 1. The molecule has 1 fully saturated rings. The zero-order chi connectivity index (χ0) is 13.0. The molecule has 0 spiro atoms. The summed E-state index contributed by atoms with van der Waals surface area (Å²) in [6.45, 7) is 0.242. The highest BCUT2D eigenvalue weighted by Gasteiger charge is 2.47. The molecule has 1 aliphatic rings. The van der Waals surface area contributed by atoms with E-state index in [0.29, 0.717) is 5.75 Å². The van der Waals surface area contributed by atoms with E-state index in [9.17, 15) is 25.0 Å². The maximum atomic E-state index is 11.5. The molecule has 0 radical (unpaired) electrons. The van der Waals surface area contributed by atoms with Gasteiger partial charge in [0.2, 0.25) is 0 Å². The number of ether oxygens (including phenoxy) is 1. The number of hydrogen-bond donors (Lipinski definition) is 5. The van der Waals surface area contributed by atoms with Gasteiger partial charge in [0.25, 0.3) is 5.91 Å². The van der Waals surface area contributed by atoms with Crippen molar-refractivity contribution in [3.63, 3.8) is 0 Å². The second-order valence-electron chi connectivity index (χ2n) is 3.54. The lowest BCUT2D eigenvalue weighted by molar-refractivity contribution is -0.247. The molecule has 0 aromatic rings. The van der Waals surface area contributed by atoms with Gasteiger partial charge in [0, 0.05) is 12.3 Å². The van der Waals surface area contributed by atoms with Crippen molar-refractivity contribution in [3.05, 3.63) is 4.91 Å². The van der Waals surface area contributed by atoms with Gasteiger partial charge in [-0.05, 0) is 0 Å². The minimum absolute atomic E-state index is 0.242. The monoisotopic (exact) mass is 266 g/mol. The average molecular weight is 266 g/mol. The van der Waals surface area contributed by atoms with Crippen molar-refractivity contribution in [2.45, 2.75) is 30.6 Å². The molecule has 2 unspecified atom stereocenters. The molecular weight excluding hydrogens is 252 g/mol. The summed E-state index contributed by atoms with van der Waals surface area (Å²) in [7, 11) is 0. The summed E-state index contributed by atoms with van der Waals surface area (Å²) in [5.74, 6) is -0.319. The molecule has 1 saturated heterocycles. The Kier molecular flexibility index (Phi) is 5.28. The second-order valence-corrected chi connectivity index (χ2v) is 3.99. The topological polar surface area (TPSA) is 128 Å². The molecule has 1 aliphatic heterocycles. The van der Waals surface area contributed by atoms with Crippen LogP contribution in [-0.4, -0.2) is 64.2 Å². The van der Waals surface area contributed by atoms with Crippen molar-refractivity contribution in [1.29, 1.82) is 0 Å². The summed E-state index contributed by atoms with van der Waals surface area (Å²) < 4.78 is 4.72. The highest BCUT2D eigenvalue weighted by Crippen LogP contribution is 2.22. The molecule has 8 nitrogen and oxygen atoms in total. The highest BCUT2D eigenvalue weighted by molar-refractivity contribution is 7.80. The third-order valence-electron chi connectivity index (χ3n) is 2.38. The highest BCUT2D eigenvalue weighted by atomic mass is 32.1. The third-order valence-corrected chi connectivity index (χ3v) is 2.60. The molecule has 17 heavy (non-hydrogen) atoms. The van der Waals surface area contributed by atoms with E-state index in [1.165, 1.54) is 0 Å². The Morgan fingerprint density at radius 3 is 2.53 bits per heavy atom. The van der Waals surface area contributed by atoms with E-state index in [1.54, 1.807) is 0 Å². The molecule has 4 N–H and O–H groups in total. The molecule has 1 heterocycles. The van der Waals surface area contributed by atoms with Crippen LogP contribution in [0.3, 0.4) is 0 Å². The van der Waals surface area contributed by atoms with Crippen molar-refractivity contribution in [2.24, 2.45) is 5.18 Å². The van der Waals surface area contributed by atoms with Gasteiger partial charge < -0.3 is 25.4 Å². The van der Waals surface area contributed by atoms with Crippen molar-refractivity contribution < 1.29 is 24.9 Å². The number of hydrogen-bond acceptors (Lipinski definition) is 8. The van der Waals surface area contributed by atoms with Gasteiger partial charge in [-0.1, -0.05) is 5.18 Å². The van der Waals surface area contributed by atoms with E-state index in [-0.39, 0.29) is 6.54 Å². The van der Waals surface area contributed by atoms with Crippen molar-refractivity contribution in [1.82, 2.24) is 5.32 Å². The van der Waals surface area contributed by atoms with Crippen LogP contribution in [0.25, 0.3) is 0 Å². The van der Waals surface area contributed by atoms with E-state index >= 15 is 0 Å². The molecule has 0 bridgehead atoms. The number of amides is 1. The molecule has 0 aliphatic carbocycles. The first-order chi connectivity index (χ1) is 8.02. The summed E-state index contributed by atoms with van der Waals surface area (Å²) >= 11 is 3.87. The summed E-state index contributed by atoms with van der Waals surface area (Å²) in [5.41, 5.74) is 0. The lowest BCUT2D eigenvalue weighted by Gasteiger charge is -2.36. The Morgan fingerprint density at radius 1 is 1.35 bits per heavy atom. The molecule has 98 valence electrons. The van der Waals surface area contributed by atoms with Crippen LogP contribution in [0.15, 0.2) is 5.18 Å². The van der Waals surface area contributed by atoms with Crippen LogP contribution in [0.2, 0.25) is 0 Å². The van der Waals surface area contributed by atoms with Gasteiger partial charge in [-0.2, -0.15) is 17.5 Å². The van der Waals surface area contributed by atoms with Gasteiger partial charge in [-0.3, -0.25) is 4.79 Å². The minimum Gasteiger partial charge on any atom is -0.387 e. The van der Waals surface area contributed by atoms with Crippen molar-refractivity contribution in [2.75, 3.05) is 12.3 Å². The summed E-state index contributed by atoms with van der Waals surface area (Å²) in [5, 5.41) is 33.1. The van der Waals surface area contributed by atoms with Crippen molar-refractivity contribution in [3.8, 4) is 0 Å². The predicted octanol–water partition coefficient (Wildman–Crippen LogP) is -2.39. The Hall–Kier alpha value is -0.740. The Labute approximate surface area is 102 Å². The van der Waals surface area contributed by atoms with Crippen LogP contribution >= 0.6 is 12.6 Å². The van der Waals surface area contributed by atoms with E-state index < -0.39 is 36.6 Å². The van der Waals surface area contributed by atoms with Gasteiger partial charge in [-0.25, -0.2) is 0 Å². The van der Waals surface area contributed by atoms with Crippen LogP contribution in [0.5, 0.6) is 0 Å². The van der Waals surface area contributed by atoms with Gasteiger partial charge in [0.05, 0.1) is 0 Å². The van der Waals surface area contributed by atoms with Crippen LogP contribution in [0, 0.1) is 4.91 Å². The number of nitrogens with zero attached hydrogens (tertiary/aromatic N) is 1. The van der Waals surface area contributed by atoms with Crippen LogP contribution < -0.4 is 5.32 Å². The summed E-state index contributed by atoms with van der Waals surface area (Å²) in [6, 6.07) is -1.51. The lowest BCUT2D eigenvalue weighted by Crippen LogP contribution is -2.60. The quantitative estimate of drug-likeness (QED) is 0.285. The first-order valence-electron chi connectivity index (χ1n) is 4.93. The van der Waals surface area contributed by atoms with Crippen molar-refractivity contribution >= 4 is 18.5 Å². The number of aliphatic hydroxyl groups is 3. The molecule has 0 saturated carbocycles. The van der Waals surface area contributed by atoms with E-state index in [4.69, 9.17) is 4.74 Å². The zero-order valence-corrected chi connectivity index (χ0v) is 9.66. The lowest BCUT2D eigenvalue weighted by atomic mass is 9.96. The second kappa shape index (κ2) is 6.26. The molecule has 9 heteroatoms. The molecular formula is C8H14N2O6S. The van der Waals surface area contributed by atoms with Gasteiger partial charge >= 0.3 is 0 Å². The smallest absolute Gasteiger partial charge is 0.252 e. The van der Waals surface area contributed by atoms with Gasteiger partial charge in [-0.15, -0.1) is 0 Å². The fourth-order valence-electron chi connectivity index (χ4n) is 1.48. The van der Waals surface area contributed by atoms with Crippen LogP contribution in [0.1, 0.15) is 0 Å². The van der Waals surface area contributed by atoms with Gasteiger partial charge in [0.15, 0.2) is 18.4 Å². The van der Waals surface area contributed by atoms with Crippen LogP contribution in [0.4, 0.5) is 0 Å². The Bertz CT molecular complexity index is 291. The van der Waals surface area contributed by atoms with E-state index in [0.717, 1.165) is 0 Å². The summed E-state index contributed by atoms with van der Waals surface area (Å²) in [6.07, 6.45) is -6.45. The number of carbonyl (C=O) groups is 1. The zero-order valence-electron chi connectivity index (χ0n) is 8.76. The van der Waals surface area contributed by atoms with E-state index in [2.05, 4.69) is 23.1 Å². The number of nitrogens with one attached hydrogen (secondary N) is 1. The SMILES string of the molecule is O=N[C@H]1[C@H](O)C(O)OC(C(=O)NCCS)[C@H]1O. The number of nitroso groups, excluding NO2 is 1. The third kappa shape index (κ3) is 3.13. The standard InChI is InChI=1S/C8H14N2O6S/c11-4-3(10-15)5(12)8(14)16-6(4)7(13)9-1-2-17/h3-6,8,11-12,14,17H,1-2H2,(H,9,13)/t3-,4+,5+,6?,8?/m1/s1. The largest absolute Gasteiger partial charge is 0.387 e. The maximum absolute atomic E-state index is 11.5. The fraction of sp³-hybridized carbons (Fsp3) is 0.875. The molecule has 0 aromatic carbocycles. The molecule has 1 rings (SSSR count). The predicted molar refractivity (Wildman–Crippen MR) is 59.3 cm³/mol. The number of rotatable bonds is 4. The minimum atomic E-state index is -1.74. The summed E-state index contributed by atoms with van der Waals surface area (Å²) in [4.78, 5) is 21.9. The Morgan fingerprint density at radius 2 is 2.00 bits per heavy atom. The molecule has 5 atom stereocenters. The number of thiol groups is 1. The van der Waals surface area contributed by atoms with Crippen LogP contribution in [-0.2, 0) is 9.53 Å². The molecule has 0 aromatic heterocycles. The average Bonchev–Trinajstić information content (AvgIpc) is 2.31. The van der Waals surface area contributed by atoms with Gasteiger partial charge in [0.1, 0.15) is 12.2 Å². The first-order valence-corrected chi connectivity index (χ1v) is 5.57. The van der Waals surface area contributed by atoms with E-state index in [1.807, 2.05) is 0 Å². The normalized spacial score (nSPS) is 37.5. The Balaban J connectivity index is 2.72. The maximum Gasteiger partial charge on any atom is 0.252 e. The fourth-order valence-corrected chi connectivity index (χ4v) is 1.59. The number of aliphatic hydroxyl groups excluding tert-OH is 3.